The molecule has 0 aliphatic heterocycles. The summed E-state index contributed by atoms with van der Waals surface area (Å²) in [6.45, 7) is 1.79. The number of ketones is 1. The minimum Gasteiger partial charge on any atom is -0.341 e. The van der Waals surface area contributed by atoms with E-state index < -0.39 is 29.5 Å². The summed E-state index contributed by atoms with van der Waals surface area (Å²) >= 11 is 5.88. The second kappa shape index (κ2) is 7.65. The Morgan fingerprint density at radius 3 is 2.53 bits per heavy atom. The van der Waals surface area contributed by atoms with Crippen LogP contribution in [0.25, 0.3) is 0 Å². The maximum absolute atomic E-state index is 14.0. The van der Waals surface area contributed by atoms with Gasteiger partial charge in [-0.1, -0.05) is 17.7 Å². The van der Waals surface area contributed by atoms with Gasteiger partial charge >= 0.3 is 0 Å². The first kappa shape index (κ1) is 20.2. The van der Waals surface area contributed by atoms with E-state index in [2.05, 4.69) is 10.4 Å². The number of Topliss-reactive ketones (excluding diaryl/α,β-unsaturated/α-hetero) is 1. The lowest BCUT2D eigenvalue weighted by molar-refractivity contribution is -0.121. The number of rotatable bonds is 3. The minimum atomic E-state index is -1.02. The Hall–Kier alpha value is -3.06. The molecular formula is C22H18ClF2N3O2. The van der Waals surface area contributed by atoms with Crippen LogP contribution in [0.15, 0.2) is 42.5 Å². The van der Waals surface area contributed by atoms with Crippen molar-refractivity contribution in [2.24, 2.45) is 7.05 Å². The number of carbonyl (C=O) groups is 2. The lowest BCUT2D eigenvalue weighted by Gasteiger charge is -2.32. The fourth-order valence-electron chi connectivity index (χ4n) is 4.02. The molecule has 3 aromatic rings. The molecule has 1 N–H and O–H groups in total. The van der Waals surface area contributed by atoms with E-state index in [1.807, 2.05) is 0 Å². The molecule has 4 rings (SSSR count). The zero-order valence-corrected chi connectivity index (χ0v) is 17.0. The fraction of sp³-hybridized carbons (Fsp3) is 0.227. The number of carbonyl (C=O) groups excluding carboxylic acids is 2. The van der Waals surface area contributed by atoms with Gasteiger partial charge in [0.25, 0.3) is 5.91 Å². The molecule has 1 aliphatic carbocycles. The highest BCUT2D eigenvalue weighted by Crippen LogP contribution is 2.38. The van der Waals surface area contributed by atoms with Crippen LogP contribution in [0.3, 0.4) is 0 Å². The van der Waals surface area contributed by atoms with Crippen molar-refractivity contribution in [3.05, 3.63) is 87.2 Å². The molecule has 5 nitrogen and oxygen atoms in total. The summed E-state index contributed by atoms with van der Waals surface area (Å²) in [5.74, 6) is -3.38. The summed E-state index contributed by atoms with van der Waals surface area (Å²) in [5, 5.41) is 7.66. The quantitative estimate of drug-likeness (QED) is 0.690. The van der Waals surface area contributed by atoms with Crippen LogP contribution in [0, 0.1) is 18.6 Å². The third kappa shape index (κ3) is 3.50. The van der Waals surface area contributed by atoms with Crippen molar-refractivity contribution in [2.45, 2.75) is 25.3 Å². The van der Waals surface area contributed by atoms with Crippen LogP contribution in [0.2, 0.25) is 5.02 Å². The summed E-state index contributed by atoms with van der Waals surface area (Å²) in [5.41, 5.74) is 2.83. The van der Waals surface area contributed by atoms with Crippen molar-refractivity contribution < 1.29 is 18.4 Å². The van der Waals surface area contributed by atoms with Gasteiger partial charge in [0.2, 0.25) is 0 Å². The first-order valence-electron chi connectivity index (χ1n) is 9.32. The van der Waals surface area contributed by atoms with Gasteiger partial charge in [0, 0.05) is 34.8 Å². The predicted molar refractivity (Wildman–Crippen MR) is 108 cm³/mol. The Morgan fingerprint density at radius 1 is 1.17 bits per heavy atom. The zero-order chi connectivity index (χ0) is 21.6. The molecular weight excluding hydrogens is 412 g/mol. The van der Waals surface area contributed by atoms with Crippen LogP contribution in [0.5, 0.6) is 0 Å². The maximum atomic E-state index is 14.0. The van der Waals surface area contributed by atoms with Gasteiger partial charge in [0.1, 0.15) is 0 Å². The van der Waals surface area contributed by atoms with E-state index in [4.69, 9.17) is 11.6 Å². The van der Waals surface area contributed by atoms with E-state index in [1.54, 1.807) is 42.9 Å². The number of halogens is 3. The lowest BCUT2D eigenvalue weighted by Crippen LogP contribution is -2.48. The maximum Gasteiger partial charge on any atom is 0.251 e. The van der Waals surface area contributed by atoms with Crippen molar-refractivity contribution >= 4 is 23.3 Å². The van der Waals surface area contributed by atoms with Crippen LogP contribution >= 0.6 is 11.6 Å². The van der Waals surface area contributed by atoms with Crippen molar-refractivity contribution in [3.8, 4) is 0 Å². The van der Waals surface area contributed by atoms with Gasteiger partial charge in [-0.25, -0.2) is 8.78 Å². The van der Waals surface area contributed by atoms with Gasteiger partial charge < -0.3 is 5.32 Å². The van der Waals surface area contributed by atoms with Crippen LogP contribution in [0.4, 0.5) is 8.78 Å². The fourth-order valence-corrected chi connectivity index (χ4v) is 4.14. The number of aryl methyl sites for hydroxylation is 2. The predicted octanol–water partition coefficient (Wildman–Crippen LogP) is 3.72. The van der Waals surface area contributed by atoms with Crippen molar-refractivity contribution in [3.63, 3.8) is 0 Å². The van der Waals surface area contributed by atoms with Gasteiger partial charge in [0.05, 0.1) is 18.2 Å². The Morgan fingerprint density at radius 2 is 1.87 bits per heavy atom. The van der Waals surface area contributed by atoms with E-state index in [-0.39, 0.29) is 12.2 Å². The molecule has 0 fully saturated rings. The summed E-state index contributed by atoms with van der Waals surface area (Å²) in [7, 11) is 1.73. The third-order valence-corrected chi connectivity index (χ3v) is 5.67. The highest BCUT2D eigenvalue weighted by atomic mass is 35.5. The largest absolute Gasteiger partial charge is 0.341 e. The first-order valence-corrected chi connectivity index (χ1v) is 9.70. The Bertz CT molecular complexity index is 1160. The smallest absolute Gasteiger partial charge is 0.251 e. The Kier molecular flexibility index (Phi) is 5.15. The summed E-state index contributed by atoms with van der Waals surface area (Å²) in [6, 6.07) is 8.83. The highest BCUT2D eigenvalue weighted by molar-refractivity contribution is 6.30. The van der Waals surface area contributed by atoms with E-state index in [0.29, 0.717) is 27.5 Å². The van der Waals surface area contributed by atoms with Gasteiger partial charge in [-0.15, -0.1) is 0 Å². The topological polar surface area (TPSA) is 64.0 Å². The molecule has 1 aliphatic rings. The summed E-state index contributed by atoms with van der Waals surface area (Å²) < 4.78 is 29.2. The molecule has 0 radical (unpaired) electrons. The number of fused-ring (bicyclic) bond motifs is 1. The molecule has 1 heterocycles. The molecule has 0 saturated heterocycles. The number of nitrogens with one attached hydrogen (secondary N) is 1. The second-order valence-electron chi connectivity index (χ2n) is 7.32. The molecule has 2 atom stereocenters. The number of aromatic nitrogens is 2. The van der Waals surface area contributed by atoms with Gasteiger partial charge in [-0.2, -0.15) is 5.10 Å². The number of hydrogen-bond acceptors (Lipinski definition) is 3. The number of amides is 1. The molecule has 0 saturated carbocycles. The molecule has 8 heteroatoms. The molecule has 0 spiro atoms. The van der Waals surface area contributed by atoms with E-state index in [1.165, 1.54) is 6.07 Å². The summed E-state index contributed by atoms with van der Waals surface area (Å²) in [6.07, 6.45) is 0.0818. The number of hydrogen-bond donors (Lipinski definition) is 1. The first-order chi connectivity index (χ1) is 14.3. The van der Waals surface area contributed by atoms with E-state index in [9.17, 15) is 18.4 Å². The van der Waals surface area contributed by atoms with E-state index >= 15 is 0 Å². The second-order valence-corrected chi connectivity index (χ2v) is 7.76. The molecule has 1 amide bonds. The average molecular weight is 430 g/mol. The van der Waals surface area contributed by atoms with Gasteiger partial charge in [-0.3, -0.25) is 14.3 Å². The van der Waals surface area contributed by atoms with Crippen LogP contribution < -0.4 is 5.32 Å². The Labute approximate surface area is 176 Å². The molecule has 2 aromatic carbocycles. The molecule has 0 unspecified atom stereocenters. The van der Waals surface area contributed by atoms with Crippen molar-refractivity contribution in [2.75, 3.05) is 0 Å². The van der Waals surface area contributed by atoms with Crippen LogP contribution in [0.1, 0.15) is 38.8 Å². The molecule has 0 bridgehead atoms. The Balaban J connectivity index is 1.79. The van der Waals surface area contributed by atoms with Crippen molar-refractivity contribution in [1.82, 2.24) is 15.1 Å². The normalized spacial score (nSPS) is 18.2. The van der Waals surface area contributed by atoms with Gasteiger partial charge in [0.15, 0.2) is 17.4 Å². The third-order valence-electron chi connectivity index (χ3n) is 5.42. The van der Waals surface area contributed by atoms with Crippen molar-refractivity contribution in [1.29, 1.82) is 0 Å². The van der Waals surface area contributed by atoms with Crippen LogP contribution in [-0.4, -0.2) is 27.5 Å². The minimum absolute atomic E-state index is 0.0818. The average Bonchev–Trinajstić information content (AvgIpc) is 2.98. The molecule has 30 heavy (non-hydrogen) atoms. The van der Waals surface area contributed by atoms with E-state index in [0.717, 1.165) is 17.7 Å². The van der Waals surface area contributed by atoms with Crippen LogP contribution in [-0.2, 0) is 18.3 Å². The SMILES string of the molecule is Cc1nn(C)c2c1[C@@H](c1ccc(F)c(F)c1)[C@H](NC(=O)c1ccc(Cl)cc1)C(=O)C2. The highest BCUT2D eigenvalue weighted by Gasteiger charge is 2.41. The molecule has 1 aromatic heterocycles. The monoisotopic (exact) mass is 429 g/mol. The standard InChI is InChI=1S/C22H18ClF2N3O2/c1-11-19-17(28(2)27-11)10-18(29)21(20(19)13-5-8-15(24)16(25)9-13)26-22(30)12-3-6-14(23)7-4-12/h3-9,20-21H,10H2,1-2H3,(H,26,30)/t20-,21-/m1/s1. The van der Waals surface area contributed by atoms with Gasteiger partial charge in [-0.05, 0) is 48.9 Å². The number of nitrogens with zero attached hydrogens (tertiary/aromatic N) is 2. The molecule has 154 valence electrons. The summed E-state index contributed by atoms with van der Waals surface area (Å²) in [4.78, 5) is 25.8. The lowest BCUT2D eigenvalue weighted by atomic mass is 9.76. The zero-order valence-electron chi connectivity index (χ0n) is 16.2. The number of benzene rings is 2.